The van der Waals surface area contributed by atoms with Gasteiger partial charge in [0.25, 0.3) is 0 Å². The molecule has 19 heavy (non-hydrogen) atoms. The van der Waals surface area contributed by atoms with Gasteiger partial charge in [-0.25, -0.2) is 4.39 Å². The molecule has 1 unspecified atom stereocenters. The van der Waals surface area contributed by atoms with Gasteiger partial charge in [-0.05, 0) is 49.3 Å². The summed E-state index contributed by atoms with van der Waals surface area (Å²) in [6.07, 6.45) is 8.11. The van der Waals surface area contributed by atoms with Crippen LogP contribution in [0.4, 0.5) is 4.39 Å². The molecule has 0 spiro atoms. The molecule has 0 heterocycles. The molecule has 1 fully saturated rings. The Kier molecular flexibility index (Phi) is 5.38. The maximum Gasteiger partial charge on any atom is 0.126 e. The molecule has 0 aliphatic heterocycles. The lowest BCUT2D eigenvalue weighted by molar-refractivity contribution is 0.261. The van der Waals surface area contributed by atoms with Gasteiger partial charge < -0.3 is 5.32 Å². The first-order chi connectivity index (χ1) is 9.20. The van der Waals surface area contributed by atoms with Gasteiger partial charge in [0.2, 0.25) is 0 Å². The van der Waals surface area contributed by atoms with Crippen LogP contribution < -0.4 is 5.32 Å². The summed E-state index contributed by atoms with van der Waals surface area (Å²) < 4.78 is 13.2. The van der Waals surface area contributed by atoms with Gasteiger partial charge in [0, 0.05) is 12.6 Å². The van der Waals surface area contributed by atoms with E-state index in [0.29, 0.717) is 6.04 Å². The van der Waals surface area contributed by atoms with E-state index in [-0.39, 0.29) is 5.82 Å². The first-order valence-electron chi connectivity index (χ1n) is 7.69. The zero-order valence-corrected chi connectivity index (χ0v) is 12.2. The SMILES string of the molecule is CCC(NCc1ccc(F)c(C)c1)C1CCCCC1. The number of nitrogens with one attached hydrogen (secondary N) is 1. The molecule has 1 N–H and O–H groups in total. The van der Waals surface area contributed by atoms with E-state index >= 15 is 0 Å². The molecule has 2 rings (SSSR count). The molecule has 0 amide bonds. The first-order valence-corrected chi connectivity index (χ1v) is 7.69. The lowest BCUT2D eigenvalue weighted by Crippen LogP contribution is -2.36. The standard InChI is InChI=1S/C17H26FN/c1-3-17(15-7-5-4-6-8-15)19-12-14-9-10-16(18)13(2)11-14/h9-11,15,17,19H,3-8,12H2,1-2H3. The van der Waals surface area contributed by atoms with Crippen molar-refractivity contribution >= 4 is 0 Å². The second kappa shape index (κ2) is 7.04. The van der Waals surface area contributed by atoms with Crippen LogP contribution >= 0.6 is 0 Å². The highest BCUT2D eigenvalue weighted by Crippen LogP contribution is 2.27. The van der Waals surface area contributed by atoms with E-state index in [1.165, 1.54) is 44.1 Å². The van der Waals surface area contributed by atoms with Crippen molar-refractivity contribution in [1.29, 1.82) is 0 Å². The zero-order valence-electron chi connectivity index (χ0n) is 12.2. The van der Waals surface area contributed by atoms with Crippen molar-refractivity contribution in [3.8, 4) is 0 Å². The number of hydrogen-bond acceptors (Lipinski definition) is 1. The molecule has 0 radical (unpaired) electrons. The largest absolute Gasteiger partial charge is 0.310 e. The Bertz CT molecular complexity index is 396. The molecule has 0 aromatic heterocycles. The lowest BCUT2D eigenvalue weighted by atomic mass is 9.83. The Morgan fingerprint density at radius 3 is 2.63 bits per heavy atom. The fourth-order valence-corrected chi connectivity index (χ4v) is 3.25. The topological polar surface area (TPSA) is 12.0 Å². The first kappa shape index (κ1) is 14.5. The van der Waals surface area contributed by atoms with Crippen molar-refractivity contribution < 1.29 is 4.39 Å². The minimum Gasteiger partial charge on any atom is -0.310 e. The number of rotatable bonds is 5. The Balaban J connectivity index is 1.89. The van der Waals surface area contributed by atoms with Gasteiger partial charge in [0.05, 0.1) is 0 Å². The summed E-state index contributed by atoms with van der Waals surface area (Å²) in [6.45, 7) is 4.95. The van der Waals surface area contributed by atoms with E-state index in [1.54, 1.807) is 6.07 Å². The molecule has 1 saturated carbocycles. The predicted molar refractivity (Wildman–Crippen MR) is 78.6 cm³/mol. The van der Waals surface area contributed by atoms with E-state index in [2.05, 4.69) is 12.2 Å². The average Bonchev–Trinajstić information content (AvgIpc) is 2.44. The van der Waals surface area contributed by atoms with Crippen LogP contribution in [0.3, 0.4) is 0 Å². The van der Waals surface area contributed by atoms with Crippen molar-refractivity contribution in [3.63, 3.8) is 0 Å². The van der Waals surface area contributed by atoms with Crippen LogP contribution in [0, 0.1) is 18.7 Å². The van der Waals surface area contributed by atoms with Crippen LogP contribution in [0.1, 0.15) is 56.6 Å². The van der Waals surface area contributed by atoms with Crippen molar-refractivity contribution in [2.75, 3.05) is 0 Å². The zero-order chi connectivity index (χ0) is 13.7. The molecule has 1 aromatic rings. The fourth-order valence-electron chi connectivity index (χ4n) is 3.25. The van der Waals surface area contributed by atoms with Gasteiger partial charge in [-0.3, -0.25) is 0 Å². The molecule has 0 saturated heterocycles. The minimum absolute atomic E-state index is 0.108. The van der Waals surface area contributed by atoms with Gasteiger partial charge in [-0.1, -0.05) is 38.3 Å². The van der Waals surface area contributed by atoms with Crippen LogP contribution in [0.15, 0.2) is 18.2 Å². The van der Waals surface area contributed by atoms with Gasteiger partial charge in [0.1, 0.15) is 5.82 Å². The van der Waals surface area contributed by atoms with E-state index in [1.807, 2.05) is 19.1 Å². The molecule has 106 valence electrons. The monoisotopic (exact) mass is 263 g/mol. The summed E-state index contributed by atoms with van der Waals surface area (Å²) >= 11 is 0. The average molecular weight is 263 g/mol. The normalized spacial score (nSPS) is 18.5. The number of hydrogen-bond donors (Lipinski definition) is 1. The third-order valence-electron chi connectivity index (χ3n) is 4.45. The summed E-state index contributed by atoms with van der Waals surface area (Å²) in [4.78, 5) is 0. The van der Waals surface area contributed by atoms with Gasteiger partial charge in [-0.15, -0.1) is 0 Å². The lowest BCUT2D eigenvalue weighted by Gasteiger charge is -2.30. The van der Waals surface area contributed by atoms with Crippen LogP contribution in [0.25, 0.3) is 0 Å². The van der Waals surface area contributed by atoms with Crippen LogP contribution in [0.5, 0.6) is 0 Å². The maximum atomic E-state index is 13.2. The van der Waals surface area contributed by atoms with Crippen LogP contribution in [-0.2, 0) is 6.54 Å². The van der Waals surface area contributed by atoms with Crippen molar-refractivity contribution in [1.82, 2.24) is 5.32 Å². The highest BCUT2D eigenvalue weighted by molar-refractivity contribution is 5.23. The number of benzene rings is 1. The van der Waals surface area contributed by atoms with E-state index in [4.69, 9.17) is 0 Å². The van der Waals surface area contributed by atoms with Gasteiger partial charge in [0.15, 0.2) is 0 Å². The van der Waals surface area contributed by atoms with Crippen molar-refractivity contribution in [3.05, 3.63) is 35.1 Å². The van der Waals surface area contributed by atoms with E-state index in [0.717, 1.165) is 18.0 Å². The molecule has 1 nitrogen and oxygen atoms in total. The van der Waals surface area contributed by atoms with Crippen molar-refractivity contribution in [2.45, 2.75) is 65.0 Å². The second-order valence-corrected chi connectivity index (χ2v) is 5.88. The van der Waals surface area contributed by atoms with E-state index in [9.17, 15) is 4.39 Å². The Morgan fingerprint density at radius 2 is 2.00 bits per heavy atom. The third-order valence-corrected chi connectivity index (χ3v) is 4.45. The molecular formula is C17H26FN. The molecule has 2 heteroatoms. The maximum absolute atomic E-state index is 13.2. The molecule has 1 aromatic carbocycles. The van der Waals surface area contributed by atoms with E-state index < -0.39 is 0 Å². The number of aryl methyl sites for hydroxylation is 1. The predicted octanol–water partition coefficient (Wildman–Crippen LogP) is 4.58. The highest BCUT2D eigenvalue weighted by Gasteiger charge is 2.21. The fraction of sp³-hybridized carbons (Fsp3) is 0.647. The highest BCUT2D eigenvalue weighted by atomic mass is 19.1. The van der Waals surface area contributed by atoms with Crippen molar-refractivity contribution in [2.24, 2.45) is 5.92 Å². The molecule has 1 aliphatic rings. The van der Waals surface area contributed by atoms with Crippen LogP contribution in [0.2, 0.25) is 0 Å². The second-order valence-electron chi connectivity index (χ2n) is 5.88. The smallest absolute Gasteiger partial charge is 0.126 e. The summed E-state index contributed by atoms with van der Waals surface area (Å²) in [5, 5.41) is 3.68. The summed E-state index contributed by atoms with van der Waals surface area (Å²) in [7, 11) is 0. The summed E-state index contributed by atoms with van der Waals surface area (Å²) in [5.74, 6) is 0.725. The van der Waals surface area contributed by atoms with Gasteiger partial charge >= 0.3 is 0 Å². The molecule has 1 atom stereocenters. The molecule has 1 aliphatic carbocycles. The minimum atomic E-state index is -0.108. The summed E-state index contributed by atoms with van der Waals surface area (Å²) in [5.41, 5.74) is 1.93. The van der Waals surface area contributed by atoms with Gasteiger partial charge in [-0.2, -0.15) is 0 Å². The Hall–Kier alpha value is -0.890. The Labute approximate surface area is 116 Å². The third kappa shape index (κ3) is 4.04. The molecule has 0 bridgehead atoms. The summed E-state index contributed by atoms with van der Waals surface area (Å²) in [6, 6.07) is 6.04. The number of halogens is 1. The van der Waals surface area contributed by atoms with Crippen LogP contribution in [-0.4, -0.2) is 6.04 Å². The quantitative estimate of drug-likeness (QED) is 0.819. The molecular weight excluding hydrogens is 237 g/mol. The Morgan fingerprint density at radius 1 is 1.26 bits per heavy atom.